The molecule has 20 heavy (non-hydrogen) atoms. The topological polar surface area (TPSA) is 48.7 Å². The number of cyclic esters (lactones) is 1. The minimum atomic E-state index is -0.929. The van der Waals surface area contributed by atoms with E-state index in [9.17, 15) is 4.79 Å². The number of allylic oxidation sites excluding steroid dienone is 2. The second kappa shape index (κ2) is 5.19. The maximum Gasteiger partial charge on any atom is 0.340 e. The van der Waals surface area contributed by atoms with Crippen LogP contribution in [0.4, 0.5) is 0 Å². The quantitative estimate of drug-likeness (QED) is 0.618. The van der Waals surface area contributed by atoms with Gasteiger partial charge in [-0.2, -0.15) is 0 Å². The molecule has 4 heteroatoms. The summed E-state index contributed by atoms with van der Waals surface area (Å²) in [4.78, 5) is 11.9. The number of hydrogen-bond acceptors (Lipinski definition) is 4. The van der Waals surface area contributed by atoms with Gasteiger partial charge in [0.05, 0.1) is 18.1 Å². The molecule has 0 radical (unpaired) electrons. The second-order valence-corrected chi connectivity index (χ2v) is 5.60. The number of esters is 1. The van der Waals surface area contributed by atoms with Crippen molar-refractivity contribution < 1.29 is 18.7 Å². The lowest BCUT2D eigenvalue weighted by molar-refractivity contribution is -0.208. The van der Waals surface area contributed by atoms with Gasteiger partial charge in [-0.3, -0.25) is 0 Å². The molecule has 1 aromatic rings. The molecule has 0 bridgehead atoms. The third kappa shape index (κ3) is 2.95. The highest BCUT2D eigenvalue weighted by Crippen LogP contribution is 2.36. The second-order valence-electron chi connectivity index (χ2n) is 5.60. The standard InChI is InChI=1S/C16H20O4/c1-10(2)13(12-6-7-18-9-12)8-14-11(3)15(17)20-16(4,5)19-14/h6-7,9,13H,1,8H2,2-5H3/t13-/m0/s1. The zero-order valence-corrected chi connectivity index (χ0v) is 12.4. The SMILES string of the molecule is C=C(C)[C@H](CC1=C(C)C(=O)OC(C)(C)O1)c1ccoc1. The maximum atomic E-state index is 11.9. The van der Waals surface area contributed by atoms with Crippen molar-refractivity contribution in [3.05, 3.63) is 47.6 Å². The van der Waals surface area contributed by atoms with Gasteiger partial charge >= 0.3 is 5.97 Å². The molecule has 0 amide bonds. The molecule has 4 nitrogen and oxygen atoms in total. The first-order valence-corrected chi connectivity index (χ1v) is 6.60. The van der Waals surface area contributed by atoms with Crippen LogP contribution in [-0.4, -0.2) is 11.8 Å². The van der Waals surface area contributed by atoms with E-state index in [2.05, 4.69) is 6.58 Å². The Morgan fingerprint density at radius 3 is 2.65 bits per heavy atom. The first-order chi connectivity index (χ1) is 9.30. The van der Waals surface area contributed by atoms with Crippen LogP contribution in [0.25, 0.3) is 0 Å². The number of furan rings is 1. The van der Waals surface area contributed by atoms with Crippen LogP contribution in [0.5, 0.6) is 0 Å². The Morgan fingerprint density at radius 1 is 1.40 bits per heavy atom. The van der Waals surface area contributed by atoms with Crippen molar-refractivity contribution >= 4 is 5.97 Å². The van der Waals surface area contributed by atoms with Gasteiger partial charge in [0.25, 0.3) is 0 Å². The number of ether oxygens (including phenoxy) is 2. The Bertz CT molecular complexity index is 549. The van der Waals surface area contributed by atoms with Crippen LogP contribution < -0.4 is 0 Å². The van der Waals surface area contributed by atoms with Crippen LogP contribution in [-0.2, 0) is 14.3 Å². The number of carbonyl (C=O) groups is 1. The van der Waals surface area contributed by atoms with Crippen LogP contribution in [0.1, 0.15) is 45.6 Å². The van der Waals surface area contributed by atoms with E-state index in [-0.39, 0.29) is 11.9 Å². The first-order valence-electron chi connectivity index (χ1n) is 6.60. The summed E-state index contributed by atoms with van der Waals surface area (Å²) in [5.74, 6) is -0.549. The van der Waals surface area contributed by atoms with Crippen LogP contribution in [0, 0.1) is 0 Å². The molecule has 2 rings (SSSR count). The van der Waals surface area contributed by atoms with E-state index in [1.54, 1.807) is 33.3 Å². The minimum absolute atomic E-state index is 0.0559. The van der Waals surface area contributed by atoms with E-state index in [4.69, 9.17) is 13.9 Å². The van der Waals surface area contributed by atoms with Gasteiger partial charge in [-0.05, 0) is 25.5 Å². The number of hydrogen-bond donors (Lipinski definition) is 0. The minimum Gasteiger partial charge on any atom is -0.472 e. The molecule has 1 atom stereocenters. The highest BCUT2D eigenvalue weighted by atomic mass is 16.7. The Hall–Kier alpha value is -1.97. The third-order valence-electron chi connectivity index (χ3n) is 3.36. The predicted octanol–water partition coefficient (Wildman–Crippen LogP) is 3.91. The van der Waals surface area contributed by atoms with Gasteiger partial charge in [0, 0.05) is 26.2 Å². The molecule has 0 saturated heterocycles. The largest absolute Gasteiger partial charge is 0.472 e. The van der Waals surface area contributed by atoms with Gasteiger partial charge in [-0.25, -0.2) is 4.79 Å². The van der Waals surface area contributed by atoms with Gasteiger partial charge in [0.15, 0.2) is 0 Å². The lowest BCUT2D eigenvalue weighted by Gasteiger charge is -2.34. The summed E-state index contributed by atoms with van der Waals surface area (Å²) in [6.07, 6.45) is 3.90. The Labute approximate surface area is 119 Å². The van der Waals surface area contributed by atoms with Crippen molar-refractivity contribution in [1.29, 1.82) is 0 Å². The van der Waals surface area contributed by atoms with Crippen molar-refractivity contribution in [2.45, 2.75) is 45.8 Å². The van der Waals surface area contributed by atoms with Crippen LogP contribution in [0.2, 0.25) is 0 Å². The number of rotatable bonds is 4. The molecule has 0 N–H and O–H groups in total. The van der Waals surface area contributed by atoms with Gasteiger partial charge in [0.1, 0.15) is 5.76 Å². The monoisotopic (exact) mass is 276 g/mol. The fourth-order valence-electron chi connectivity index (χ4n) is 2.24. The van der Waals surface area contributed by atoms with E-state index >= 15 is 0 Å². The molecule has 2 heterocycles. The molecule has 0 aromatic carbocycles. The predicted molar refractivity (Wildman–Crippen MR) is 74.8 cm³/mol. The van der Waals surface area contributed by atoms with E-state index in [1.165, 1.54) is 0 Å². The summed E-state index contributed by atoms with van der Waals surface area (Å²) < 4.78 is 16.1. The molecule has 1 aliphatic heterocycles. The normalized spacial score (nSPS) is 19.3. The molecule has 0 unspecified atom stereocenters. The van der Waals surface area contributed by atoms with Gasteiger partial charge in [-0.1, -0.05) is 12.2 Å². The average Bonchev–Trinajstić information content (AvgIpc) is 2.84. The molecule has 0 spiro atoms. The highest BCUT2D eigenvalue weighted by Gasteiger charge is 2.35. The Morgan fingerprint density at radius 2 is 2.10 bits per heavy atom. The lowest BCUT2D eigenvalue weighted by atomic mass is 9.90. The fraction of sp³-hybridized carbons (Fsp3) is 0.438. The van der Waals surface area contributed by atoms with E-state index < -0.39 is 5.79 Å². The zero-order valence-electron chi connectivity index (χ0n) is 12.4. The Balaban J connectivity index is 2.28. The first kappa shape index (κ1) is 14.4. The molecule has 0 aliphatic carbocycles. The van der Waals surface area contributed by atoms with Gasteiger partial charge < -0.3 is 13.9 Å². The zero-order chi connectivity index (χ0) is 14.9. The molecule has 0 fully saturated rings. The molecular formula is C16H20O4. The summed E-state index contributed by atoms with van der Waals surface area (Å²) in [5, 5.41) is 0. The highest BCUT2D eigenvalue weighted by molar-refractivity contribution is 5.89. The average molecular weight is 276 g/mol. The van der Waals surface area contributed by atoms with Crippen molar-refractivity contribution in [3.63, 3.8) is 0 Å². The smallest absolute Gasteiger partial charge is 0.340 e. The van der Waals surface area contributed by atoms with Crippen LogP contribution in [0.15, 0.2) is 46.5 Å². The van der Waals surface area contributed by atoms with Crippen molar-refractivity contribution in [3.8, 4) is 0 Å². The van der Waals surface area contributed by atoms with E-state index in [0.29, 0.717) is 17.8 Å². The summed E-state index contributed by atoms with van der Waals surface area (Å²) in [7, 11) is 0. The molecule has 108 valence electrons. The fourth-order valence-corrected chi connectivity index (χ4v) is 2.24. The summed E-state index contributed by atoms with van der Waals surface area (Å²) in [6.45, 7) is 11.2. The summed E-state index contributed by atoms with van der Waals surface area (Å²) in [5.41, 5.74) is 2.53. The summed E-state index contributed by atoms with van der Waals surface area (Å²) in [6, 6.07) is 1.90. The number of carbonyl (C=O) groups excluding carboxylic acids is 1. The van der Waals surface area contributed by atoms with E-state index in [1.807, 2.05) is 13.0 Å². The van der Waals surface area contributed by atoms with Crippen LogP contribution in [0.3, 0.4) is 0 Å². The molecule has 0 saturated carbocycles. The van der Waals surface area contributed by atoms with Crippen molar-refractivity contribution in [1.82, 2.24) is 0 Å². The molecular weight excluding hydrogens is 256 g/mol. The Kier molecular flexibility index (Phi) is 3.75. The summed E-state index contributed by atoms with van der Waals surface area (Å²) >= 11 is 0. The van der Waals surface area contributed by atoms with Crippen molar-refractivity contribution in [2.75, 3.05) is 0 Å². The molecule has 1 aromatic heterocycles. The lowest BCUT2D eigenvalue weighted by Crippen LogP contribution is -2.36. The maximum absolute atomic E-state index is 11.9. The van der Waals surface area contributed by atoms with Gasteiger partial charge in [0.2, 0.25) is 5.79 Å². The van der Waals surface area contributed by atoms with Crippen molar-refractivity contribution in [2.24, 2.45) is 0 Å². The van der Waals surface area contributed by atoms with Crippen LogP contribution >= 0.6 is 0 Å². The molecule has 1 aliphatic rings. The van der Waals surface area contributed by atoms with Gasteiger partial charge in [-0.15, -0.1) is 0 Å². The third-order valence-corrected chi connectivity index (χ3v) is 3.36. The van der Waals surface area contributed by atoms with E-state index in [0.717, 1.165) is 11.1 Å².